The van der Waals surface area contributed by atoms with Crippen LogP contribution in [0.25, 0.3) is 0 Å². The van der Waals surface area contributed by atoms with E-state index in [0.717, 1.165) is 23.6 Å². The highest BCUT2D eigenvalue weighted by molar-refractivity contribution is 9.09. The molecule has 1 aliphatic carbocycles. The maximum absolute atomic E-state index is 10.2. The summed E-state index contributed by atoms with van der Waals surface area (Å²) in [6.45, 7) is 0. The van der Waals surface area contributed by atoms with Gasteiger partial charge in [-0.2, -0.15) is 0 Å². The molecule has 1 aliphatic rings. The second-order valence-electron chi connectivity index (χ2n) is 4.21. The topological polar surface area (TPSA) is 37.3 Å². The van der Waals surface area contributed by atoms with Crippen molar-refractivity contribution in [3.8, 4) is 0 Å². The Labute approximate surface area is 94.2 Å². The first-order valence-electron chi connectivity index (χ1n) is 5.56. The van der Waals surface area contributed by atoms with Crippen LogP contribution >= 0.6 is 15.9 Å². The molecule has 14 heavy (non-hydrogen) atoms. The predicted molar refractivity (Wildman–Crippen MR) is 60.8 cm³/mol. The van der Waals surface area contributed by atoms with E-state index >= 15 is 0 Å². The molecule has 0 amide bonds. The van der Waals surface area contributed by atoms with Crippen molar-refractivity contribution in [1.82, 2.24) is 0 Å². The molecular weight excluding hydrogens is 244 g/mol. The van der Waals surface area contributed by atoms with E-state index in [1.54, 1.807) is 0 Å². The summed E-state index contributed by atoms with van der Waals surface area (Å²) in [7, 11) is 0. The molecule has 1 N–H and O–H groups in total. The van der Waals surface area contributed by atoms with Crippen LogP contribution < -0.4 is 0 Å². The Morgan fingerprint density at radius 2 is 1.79 bits per heavy atom. The summed E-state index contributed by atoms with van der Waals surface area (Å²) in [5.41, 5.74) is 0. The van der Waals surface area contributed by atoms with E-state index in [1.807, 2.05) is 0 Å². The van der Waals surface area contributed by atoms with Gasteiger partial charge in [-0.3, -0.25) is 4.79 Å². The summed E-state index contributed by atoms with van der Waals surface area (Å²) in [6.07, 6.45) is 8.77. The Morgan fingerprint density at radius 3 is 2.36 bits per heavy atom. The average Bonchev–Trinajstić information content (AvgIpc) is 2.80. The molecule has 0 saturated heterocycles. The second kappa shape index (κ2) is 6.44. The fraction of sp³-hybridized carbons (Fsp3) is 0.909. The van der Waals surface area contributed by atoms with E-state index in [4.69, 9.17) is 5.11 Å². The fourth-order valence-corrected chi connectivity index (χ4v) is 2.47. The smallest absolute Gasteiger partial charge is 0.303 e. The van der Waals surface area contributed by atoms with Gasteiger partial charge < -0.3 is 5.11 Å². The highest BCUT2D eigenvalue weighted by Gasteiger charge is 2.33. The SMILES string of the molecule is O=C(O)CCCCCCCC1CC1Br. The van der Waals surface area contributed by atoms with Crippen LogP contribution in [0.2, 0.25) is 0 Å². The molecule has 0 bridgehead atoms. The monoisotopic (exact) mass is 262 g/mol. The molecule has 82 valence electrons. The van der Waals surface area contributed by atoms with Crippen molar-refractivity contribution in [2.75, 3.05) is 0 Å². The van der Waals surface area contributed by atoms with E-state index in [9.17, 15) is 4.79 Å². The first kappa shape index (κ1) is 12.0. The molecule has 2 nitrogen and oxygen atoms in total. The number of hydrogen-bond donors (Lipinski definition) is 1. The van der Waals surface area contributed by atoms with Gasteiger partial charge in [0.15, 0.2) is 0 Å². The zero-order valence-corrected chi connectivity index (χ0v) is 10.1. The average molecular weight is 263 g/mol. The van der Waals surface area contributed by atoms with Gasteiger partial charge in [-0.05, 0) is 25.2 Å². The van der Waals surface area contributed by atoms with Gasteiger partial charge in [0.25, 0.3) is 0 Å². The van der Waals surface area contributed by atoms with Crippen molar-refractivity contribution in [3.63, 3.8) is 0 Å². The lowest BCUT2D eigenvalue weighted by atomic mass is 10.1. The molecule has 0 radical (unpaired) electrons. The Morgan fingerprint density at radius 1 is 1.21 bits per heavy atom. The van der Waals surface area contributed by atoms with Crippen LogP contribution in [-0.2, 0) is 4.79 Å². The minimum absolute atomic E-state index is 0.339. The number of alkyl halides is 1. The standard InChI is InChI=1S/C11H19BrO2/c12-10-8-9(10)6-4-2-1-3-5-7-11(13)14/h9-10H,1-8H2,(H,13,14). The number of halogens is 1. The van der Waals surface area contributed by atoms with Gasteiger partial charge in [0.05, 0.1) is 0 Å². The van der Waals surface area contributed by atoms with Gasteiger partial charge in [0.1, 0.15) is 0 Å². The number of aliphatic carboxylic acids is 1. The maximum atomic E-state index is 10.2. The van der Waals surface area contributed by atoms with E-state index in [2.05, 4.69) is 15.9 Å². The number of unbranched alkanes of at least 4 members (excludes halogenated alkanes) is 4. The van der Waals surface area contributed by atoms with Crippen LogP contribution in [-0.4, -0.2) is 15.9 Å². The molecule has 0 aromatic carbocycles. The van der Waals surface area contributed by atoms with E-state index in [1.165, 1.54) is 32.1 Å². The van der Waals surface area contributed by atoms with Crippen LogP contribution in [0.4, 0.5) is 0 Å². The van der Waals surface area contributed by atoms with Crippen molar-refractivity contribution in [2.24, 2.45) is 5.92 Å². The minimum atomic E-state index is -0.662. The van der Waals surface area contributed by atoms with E-state index in [0.29, 0.717) is 6.42 Å². The molecule has 1 rings (SSSR count). The molecule has 3 heteroatoms. The fourth-order valence-electron chi connectivity index (χ4n) is 1.72. The lowest BCUT2D eigenvalue weighted by Gasteiger charge is -1.99. The van der Waals surface area contributed by atoms with Gasteiger partial charge in [-0.15, -0.1) is 0 Å². The summed E-state index contributed by atoms with van der Waals surface area (Å²) in [6, 6.07) is 0. The van der Waals surface area contributed by atoms with Crippen LogP contribution in [0.5, 0.6) is 0 Å². The molecule has 1 saturated carbocycles. The Kier molecular flexibility index (Phi) is 5.53. The molecular formula is C11H19BrO2. The summed E-state index contributed by atoms with van der Waals surface area (Å²) < 4.78 is 0. The van der Waals surface area contributed by atoms with Crippen molar-refractivity contribution < 1.29 is 9.90 Å². The Hall–Kier alpha value is -0.0500. The third-order valence-corrected chi connectivity index (χ3v) is 3.92. The zero-order valence-electron chi connectivity index (χ0n) is 8.54. The molecule has 2 atom stereocenters. The number of carbonyl (C=O) groups is 1. The quantitative estimate of drug-likeness (QED) is 0.536. The number of hydrogen-bond acceptors (Lipinski definition) is 1. The second-order valence-corrected chi connectivity index (χ2v) is 5.39. The molecule has 0 aromatic rings. The van der Waals surface area contributed by atoms with Crippen molar-refractivity contribution in [1.29, 1.82) is 0 Å². The summed E-state index contributed by atoms with van der Waals surface area (Å²) in [5.74, 6) is 0.277. The summed E-state index contributed by atoms with van der Waals surface area (Å²) in [5, 5.41) is 8.42. The minimum Gasteiger partial charge on any atom is -0.481 e. The van der Waals surface area contributed by atoms with Gasteiger partial charge in [0.2, 0.25) is 0 Å². The Balaban J connectivity index is 1.74. The lowest BCUT2D eigenvalue weighted by molar-refractivity contribution is -0.137. The molecule has 0 aliphatic heterocycles. The Bertz CT molecular complexity index is 182. The van der Waals surface area contributed by atoms with Gasteiger partial charge in [0, 0.05) is 11.2 Å². The molecule has 2 unspecified atom stereocenters. The highest BCUT2D eigenvalue weighted by Crippen LogP contribution is 2.41. The van der Waals surface area contributed by atoms with Crippen LogP contribution in [0.1, 0.15) is 51.4 Å². The number of carboxylic acid groups (broad SMARTS) is 1. The summed E-state index contributed by atoms with van der Waals surface area (Å²) in [4.78, 5) is 11.0. The van der Waals surface area contributed by atoms with Crippen molar-refractivity contribution in [3.05, 3.63) is 0 Å². The first-order valence-corrected chi connectivity index (χ1v) is 6.47. The molecule has 1 fully saturated rings. The predicted octanol–water partition coefficient (Wildman–Crippen LogP) is 3.59. The van der Waals surface area contributed by atoms with E-state index < -0.39 is 5.97 Å². The van der Waals surface area contributed by atoms with Crippen molar-refractivity contribution >= 4 is 21.9 Å². The third kappa shape index (κ3) is 5.63. The normalized spacial score (nSPS) is 24.9. The van der Waals surface area contributed by atoms with Gasteiger partial charge in [-0.25, -0.2) is 0 Å². The van der Waals surface area contributed by atoms with Gasteiger partial charge in [-0.1, -0.05) is 41.6 Å². The maximum Gasteiger partial charge on any atom is 0.303 e. The lowest BCUT2D eigenvalue weighted by Crippen LogP contribution is -1.93. The number of carboxylic acids is 1. The van der Waals surface area contributed by atoms with Crippen molar-refractivity contribution in [2.45, 2.75) is 56.2 Å². The van der Waals surface area contributed by atoms with E-state index in [-0.39, 0.29) is 0 Å². The van der Waals surface area contributed by atoms with Crippen LogP contribution in [0.3, 0.4) is 0 Å². The molecule has 0 spiro atoms. The van der Waals surface area contributed by atoms with Crippen LogP contribution in [0, 0.1) is 5.92 Å². The highest BCUT2D eigenvalue weighted by atomic mass is 79.9. The molecule has 0 heterocycles. The van der Waals surface area contributed by atoms with Crippen LogP contribution in [0.15, 0.2) is 0 Å². The zero-order chi connectivity index (χ0) is 10.4. The third-order valence-electron chi connectivity index (χ3n) is 2.80. The first-order chi connectivity index (χ1) is 6.70. The number of rotatable bonds is 8. The van der Waals surface area contributed by atoms with Gasteiger partial charge >= 0.3 is 5.97 Å². The summed E-state index contributed by atoms with van der Waals surface area (Å²) >= 11 is 3.59. The largest absolute Gasteiger partial charge is 0.481 e. The molecule has 0 aromatic heterocycles.